The molecule has 3 heteroatoms. The number of aryl methyl sites for hydroxylation is 1. The Balaban J connectivity index is 2.10. The number of nitriles is 1. The van der Waals surface area contributed by atoms with Gasteiger partial charge in [0, 0.05) is 6.42 Å². The molecule has 0 bridgehead atoms. The van der Waals surface area contributed by atoms with E-state index < -0.39 is 0 Å². The fraction of sp³-hybridized carbons (Fsp3) is 0.125. The number of hydrogen-bond acceptors (Lipinski definition) is 3. The summed E-state index contributed by atoms with van der Waals surface area (Å²) < 4.78 is 0. The van der Waals surface area contributed by atoms with Gasteiger partial charge in [0.1, 0.15) is 5.75 Å². The number of hydrogen-bond donors (Lipinski definition) is 1. The molecule has 0 atom stereocenters. The standard InChI is InChI=1S/C16H13NO2/c17-11-13-6-2-1-5-12(13)9-10-16(19)14-7-3-4-8-15(14)18/h1-8,18H,9-10H2. The number of Topliss-reactive ketones (excluding diaryl/α,β-unsaturated/α-hetero) is 1. The van der Waals surface area contributed by atoms with E-state index in [-0.39, 0.29) is 18.0 Å². The van der Waals surface area contributed by atoms with Gasteiger partial charge >= 0.3 is 0 Å². The molecule has 0 aliphatic rings. The lowest BCUT2D eigenvalue weighted by atomic mass is 9.99. The Morgan fingerprint density at radius 2 is 1.79 bits per heavy atom. The minimum atomic E-state index is -0.120. The van der Waals surface area contributed by atoms with Crippen molar-refractivity contribution < 1.29 is 9.90 Å². The van der Waals surface area contributed by atoms with Gasteiger partial charge in [-0.15, -0.1) is 0 Å². The van der Waals surface area contributed by atoms with Crippen molar-refractivity contribution in [2.24, 2.45) is 0 Å². The molecule has 0 aliphatic carbocycles. The second-order valence-electron chi connectivity index (χ2n) is 4.21. The first-order chi connectivity index (χ1) is 9.22. The summed E-state index contributed by atoms with van der Waals surface area (Å²) in [7, 11) is 0. The molecule has 0 radical (unpaired) electrons. The highest BCUT2D eigenvalue weighted by atomic mass is 16.3. The Morgan fingerprint density at radius 3 is 2.53 bits per heavy atom. The summed E-state index contributed by atoms with van der Waals surface area (Å²) in [6, 6.07) is 15.8. The molecular formula is C16H13NO2. The van der Waals surface area contributed by atoms with Crippen molar-refractivity contribution in [3.05, 3.63) is 65.2 Å². The fourth-order valence-electron chi connectivity index (χ4n) is 1.94. The van der Waals surface area contributed by atoms with Crippen LogP contribution >= 0.6 is 0 Å². The van der Waals surface area contributed by atoms with Crippen molar-refractivity contribution in [3.8, 4) is 11.8 Å². The van der Waals surface area contributed by atoms with Crippen LogP contribution in [-0.4, -0.2) is 10.9 Å². The van der Waals surface area contributed by atoms with E-state index in [4.69, 9.17) is 5.26 Å². The third kappa shape index (κ3) is 2.99. The van der Waals surface area contributed by atoms with Crippen molar-refractivity contribution in [1.29, 1.82) is 5.26 Å². The molecule has 3 nitrogen and oxygen atoms in total. The maximum atomic E-state index is 12.0. The number of nitrogens with zero attached hydrogens (tertiary/aromatic N) is 1. The Kier molecular flexibility index (Phi) is 3.94. The van der Waals surface area contributed by atoms with Gasteiger partial charge in [-0.05, 0) is 30.2 Å². The Morgan fingerprint density at radius 1 is 1.11 bits per heavy atom. The second kappa shape index (κ2) is 5.83. The molecule has 1 N–H and O–H groups in total. The summed E-state index contributed by atoms with van der Waals surface area (Å²) in [6.45, 7) is 0. The van der Waals surface area contributed by atoms with Crippen LogP contribution in [0.3, 0.4) is 0 Å². The van der Waals surface area contributed by atoms with Crippen molar-refractivity contribution in [2.45, 2.75) is 12.8 Å². The molecular weight excluding hydrogens is 238 g/mol. The number of ketones is 1. The van der Waals surface area contributed by atoms with Gasteiger partial charge in [0.2, 0.25) is 0 Å². The van der Waals surface area contributed by atoms with Crippen LogP contribution in [0.5, 0.6) is 5.75 Å². The van der Waals surface area contributed by atoms with Gasteiger partial charge < -0.3 is 5.11 Å². The van der Waals surface area contributed by atoms with Gasteiger partial charge in [-0.2, -0.15) is 5.26 Å². The smallest absolute Gasteiger partial charge is 0.166 e. The SMILES string of the molecule is N#Cc1ccccc1CCC(=O)c1ccccc1O. The number of aromatic hydroxyl groups is 1. The van der Waals surface area contributed by atoms with Gasteiger partial charge in [-0.3, -0.25) is 4.79 Å². The number of phenols is 1. The number of para-hydroxylation sites is 1. The third-order valence-electron chi connectivity index (χ3n) is 2.96. The molecule has 0 saturated carbocycles. The molecule has 2 aromatic carbocycles. The highest BCUT2D eigenvalue weighted by molar-refractivity contribution is 5.98. The maximum Gasteiger partial charge on any atom is 0.166 e. The summed E-state index contributed by atoms with van der Waals surface area (Å²) in [5.41, 5.74) is 1.78. The molecule has 0 saturated heterocycles. The molecule has 0 heterocycles. The zero-order valence-electron chi connectivity index (χ0n) is 10.3. The summed E-state index contributed by atoms with van der Waals surface area (Å²) in [5, 5.41) is 18.6. The number of carbonyl (C=O) groups excluding carboxylic acids is 1. The molecule has 0 unspecified atom stereocenters. The van der Waals surface area contributed by atoms with E-state index in [9.17, 15) is 9.90 Å². The molecule has 0 aliphatic heterocycles. The first-order valence-corrected chi connectivity index (χ1v) is 6.01. The summed E-state index contributed by atoms with van der Waals surface area (Å²) >= 11 is 0. The van der Waals surface area contributed by atoms with Gasteiger partial charge in [-0.25, -0.2) is 0 Å². The normalized spacial score (nSPS) is 9.84. The van der Waals surface area contributed by atoms with E-state index in [0.29, 0.717) is 17.5 Å². The van der Waals surface area contributed by atoms with E-state index in [2.05, 4.69) is 6.07 Å². The van der Waals surface area contributed by atoms with Crippen LogP contribution in [0.2, 0.25) is 0 Å². The number of rotatable bonds is 4. The Labute approximate surface area is 111 Å². The van der Waals surface area contributed by atoms with Gasteiger partial charge in [0.05, 0.1) is 17.2 Å². The first kappa shape index (κ1) is 12.8. The molecule has 0 fully saturated rings. The quantitative estimate of drug-likeness (QED) is 0.849. The zero-order valence-corrected chi connectivity index (χ0v) is 10.3. The average molecular weight is 251 g/mol. The lowest BCUT2D eigenvalue weighted by Crippen LogP contribution is -2.02. The Hall–Kier alpha value is -2.60. The second-order valence-corrected chi connectivity index (χ2v) is 4.21. The number of phenolic OH excluding ortho intramolecular Hbond substituents is 1. The molecule has 2 aromatic rings. The van der Waals surface area contributed by atoms with Crippen LogP contribution in [-0.2, 0) is 6.42 Å². The van der Waals surface area contributed by atoms with Crippen molar-refractivity contribution >= 4 is 5.78 Å². The van der Waals surface area contributed by atoms with E-state index in [0.717, 1.165) is 5.56 Å². The van der Waals surface area contributed by atoms with Crippen molar-refractivity contribution in [1.82, 2.24) is 0 Å². The minimum absolute atomic E-state index is 0.000989. The molecule has 0 amide bonds. The van der Waals surface area contributed by atoms with E-state index >= 15 is 0 Å². The van der Waals surface area contributed by atoms with Crippen LogP contribution in [0.1, 0.15) is 27.9 Å². The zero-order chi connectivity index (χ0) is 13.7. The third-order valence-corrected chi connectivity index (χ3v) is 2.96. The topological polar surface area (TPSA) is 61.1 Å². The average Bonchev–Trinajstić information content (AvgIpc) is 2.45. The van der Waals surface area contributed by atoms with Crippen molar-refractivity contribution in [3.63, 3.8) is 0 Å². The predicted molar refractivity (Wildman–Crippen MR) is 71.9 cm³/mol. The molecule has 0 spiro atoms. The van der Waals surface area contributed by atoms with Gasteiger partial charge in [0.15, 0.2) is 5.78 Å². The van der Waals surface area contributed by atoms with Crippen LogP contribution in [0.15, 0.2) is 48.5 Å². The van der Waals surface area contributed by atoms with Crippen LogP contribution in [0, 0.1) is 11.3 Å². The molecule has 19 heavy (non-hydrogen) atoms. The summed E-state index contributed by atoms with van der Waals surface area (Å²) in [6.07, 6.45) is 0.771. The van der Waals surface area contributed by atoms with E-state index in [1.807, 2.05) is 12.1 Å². The minimum Gasteiger partial charge on any atom is -0.507 e. The predicted octanol–water partition coefficient (Wildman–Crippen LogP) is 3.08. The van der Waals surface area contributed by atoms with E-state index in [1.165, 1.54) is 6.07 Å². The highest BCUT2D eigenvalue weighted by Gasteiger charge is 2.11. The Bertz CT molecular complexity index is 641. The van der Waals surface area contributed by atoms with Crippen LogP contribution in [0.25, 0.3) is 0 Å². The van der Waals surface area contributed by atoms with Gasteiger partial charge in [-0.1, -0.05) is 30.3 Å². The monoisotopic (exact) mass is 251 g/mol. The number of carbonyl (C=O) groups is 1. The van der Waals surface area contributed by atoms with Crippen LogP contribution < -0.4 is 0 Å². The molecule has 94 valence electrons. The largest absolute Gasteiger partial charge is 0.507 e. The highest BCUT2D eigenvalue weighted by Crippen LogP contribution is 2.19. The fourth-order valence-corrected chi connectivity index (χ4v) is 1.94. The molecule has 2 rings (SSSR count). The maximum absolute atomic E-state index is 12.0. The van der Waals surface area contributed by atoms with Crippen molar-refractivity contribution in [2.75, 3.05) is 0 Å². The number of benzene rings is 2. The molecule has 0 aromatic heterocycles. The lowest BCUT2D eigenvalue weighted by molar-refractivity contribution is 0.0980. The van der Waals surface area contributed by atoms with Gasteiger partial charge in [0.25, 0.3) is 0 Å². The lowest BCUT2D eigenvalue weighted by Gasteiger charge is -2.05. The first-order valence-electron chi connectivity index (χ1n) is 6.01. The van der Waals surface area contributed by atoms with Crippen LogP contribution in [0.4, 0.5) is 0 Å². The summed E-state index contributed by atoms with van der Waals surface area (Å²) in [4.78, 5) is 12.0. The van der Waals surface area contributed by atoms with E-state index in [1.54, 1.807) is 30.3 Å². The summed E-state index contributed by atoms with van der Waals surface area (Å²) in [5.74, 6) is -0.119.